The number of aliphatic imine (C=N–C) groups is 1. The molecule has 9 heteroatoms. The lowest BCUT2D eigenvalue weighted by atomic mass is 10.2. The minimum absolute atomic E-state index is 0.161. The van der Waals surface area contributed by atoms with E-state index in [1.54, 1.807) is 36.4 Å². The predicted molar refractivity (Wildman–Crippen MR) is 127 cm³/mol. The molecule has 3 aromatic carbocycles. The molecule has 0 aliphatic rings. The van der Waals surface area contributed by atoms with Crippen molar-refractivity contribution < 1.29 is 8.42 Å². The topological polar surface area (TPSA) is 70.6 Å². The number of nitrogens with one attached hydrogen (secondary N) is 2. The van der Waals surface area contributed by atoms with Gasteiger partial charge in [-0.25, -0.2) is 8.42 Å². The number of hydrogen-bond donors (Lipinski definition) is 2. The largest absolute Gasteiger partial charge is 0.337 e. The van der Waals surface area contributed by atoms with Gasteiger partial charge in [-0.05, 0) is 48.1 Å². The Labute approximate surface area is 190 Å². The van der Waals surface area contributed by atoms with Crippen LogP contribution in [-0.2, 0) is 9.84 Å². The number of benzene rings is 3. The molecule has 30 heavy (non-hydrogen) atoms. The predicted octanol–water partition coefficient (Wildman–Crippen LogP) is 5.48. The number of rotatable bonds is 6. The van der Waals surface area contributed by atoms with Crippen LogP contribution in [0, 0.1) is 0 Å². The molecular formula is C21H17Cl2N3O2S2. The van der Waals surface area contributed by atoms with E-state index in [1.807, 2.05) is 30.3 Å². The molecule has 0 aromatic heterocycles. The Kier molecular flexibility index (Phi) is 7.44. The maximum atomic E-state index is 12.6. The number of sulfone groups is 1. The second kappa shape index (κ2) is 10.0. The Balaban J connectivity index is 1.82. The van der Waals surface area contributed by atoms with Crippen molar-refractivity contribution in [2.75, 3.05) is 5.32 Å². The van der Waals surface area contributed by atoms with Crippen molar-refractivity contribution in [1.82, 2.24) is 5.32 Å². The smallest absolute Gasteiger partial charge is 0.216 e. The molecule has 5 nitrogen and oxygen atoms in total. The van der Waals surface area contributed by atoms with Gasteiger partial charge >= 0.3 is 0 Å². The molecule has 2 N–H and O–H groups in total. The number of hydrogen-bond acceptors (Lipinski definition) is 4. The van der Waals surface area contributed by atoms with Crippen LogP contribution in [0.25, 0.3) is 0 Å². The highest BCUT2D eigenvalue weighted by Gasteiger charge is 2.15. The summed E-state index contributed by atoms with van der Waals surface area (Å²) in [6.07, 6.45) is -0.726. The lowest BCUT2D eigenvalue weighted by Crippen LogP contribution is -2.31. The fourth-order valence-electron chi connectivity index (χ4n) is 2.53. The van der Waals surface area contributed by atoms with Gasteiger partial charge in [-0.2, -0.15) is 0 Å². The van der Waals surface area contributed by atoms with Gasteiger partial charge in [0.15, 0.2) is 5.11 Å². The summed E-state index contributed by atoms with van der Waals surface area (Å²) in [5, 5.41) is 7.11. The molecule has 1 atom stereocenters. The van der Waals surface area contributed by atoms with Crippen molar-refractivity contribution >= 4 is 61.6 Å². The van der Waals surface area contributed by atoms with E-state index in [-0.39, 0.29) is 10.0 Å². The minimum atomic E-state index is -3.70. The summed E-state index contributed by atoms with van der Waals surface area (Å²) < 4.78 is 25.1. The molecule has 154 valence electrons. The lowest BCUT2D eigenvalue weighted by Gasteiger charge is -2.18. The van der Waals surface area contributed by atoms with Gasteiger partial charge in [0.25, 0.3) is 0 Å². The molecule has 1 unspecified atom stereocenters. The fraction of sp³-hybridized carbons (Fsp3) is 0.0476. The molecule has 0 aliphatic carbocycles. The van der Waals surface area contributed by atoms with Gasteiger partial charge < -0.3 is 10.6 Å². The first-order valence-electron chi connectivity index (χ1n) is 8.76. The Morgan fingerprint density at radius 1 is 0.967 bits per heavy atom. The first-order chi connectivity index (χ1) is 14.3. The number of nitrogens with zero attached hydrogens (tertiary/aromatic N) is 1. The Hall–Kier alpha value is -2.45. The summed E-state index contributed by atoms with van der Waals surface area (Å²) in [6, 6.07) is 22.2. The maximum Gasteiger partial charge on any atom is 0.216 e. The highest BCUT2D eigenvalue weighted by Crippen LogP contribution is 2.25. The first kappa shape index (κ1) is 22.2. The molecule has 0 bridgehead atoms. The highest BCUT2D eigenvalue weighted by molar-refractivity contribution is 8.04. The summed E-state index contributed by atoms with van der Waals surface area (Å²) >= 11 is 17.5. The fourth-order valence-corrected chi connectivity index (χ4v) is 4.14. The third-order valence-corrected chi connectivity index (χ3v) is 6.08. The standard InChI is InChI=1S/C21H17Cl2N3O2S2/c22-16-11-12-19(18(23)13-16)25-21(29)26-20(15-7-3-1-4-8-15)24-14-30(27,28)17-9-5-2-6-10-17/h1-14,20H,(H2,25,26,29)/b24-14+. The van der Waals surface area contributed by atoms with Crippen LogP contribution in [-0.4, -0.2) is 19.1 Å². The van der Waals surface area contributed by atoms with Gasteiger partial charge in [-0.1, -0.05) is 71.7 Å². The van der Waals surface area contributed by atoms with Crippen molar-refractivity contribution in [2.24, 2.45) is 4.99 Å². The van der Waals surface area contributed by atoms with Crippen molar-refractivity contribution in [2.45, 2.75) is 11.1 Å². The van der Waals surface area contributed by atoms with Gasteiger partial charge in [-0.15, -0.1) is 0 Å². The summed E-state index contributed by atoms with van der Waals surface area (Å²) in [6.45, 7) is 0. The SMILES string of the molecule is O=S(=O)(/C=N/C(NC(=S)Nc1ccc(Cl)cc1Cl)c1ccccc1)c1ccccc1. The van der Waals surface area contributed by atoms with E-state index < -0.39 is 16.0 Å². The summed E-state index contributed by atoms with van der Waals surface area (Å²) in [5.74, 6) is 0. The monoisotopic (exact) mass is 477 g/mol. The second-order valence-corrected chi connectivity index (χ2v) is 9.17. The molecule has 3 aromatic rings. The van der Waals surface area contributed by atoms with Crippen LogP contribution in [0.15, 0.2) is 88.8 Å². The third-order valence-electron chi connectivity index (χ3n) is 3.98. The van der Waals surface area contributed by atoms with Crippen LogP contribution in [0.3, 0.4) is 0 Å². The van der Waals surface area contributed by atoms with Gasteiger partial charge in [-0.3, -0.25) is 4.99 Å². The molecule has 0 heterocycles. The molecule has 0 saturated carbocycles. The highest BCUT2D eigenvalue weighted by atomic mass is 35.5. The maximum absolute atomic E-state index is 12.6. The number of anilines is 1. The van der Waals surface area contributed by atoms with E-state index in [1.165, 1.54) is 12.1 Å². The average Bonchev–Trinajstić information content (AvgIpc) is 2.74. The molecule has 0 fully saturated rings. The van der Waals surface area contributed by atoms with E-state index in [9.17, 15) is 8.42 Å². The minimum Gasteiger partial charge on any atom is -0.337 e. The number of halogens is 2. The molecule has 0 radical (unpaired) electrons. The Morgan fingerprint density at radius 2 is 1.60 bits per heavy atom. The van der Waals surface area contributed by atoms with Gasteiger partial charge in [0.05, 0.1) is 15.6 Å². The lowest BCUT2D eigenvalue weighted by molar-refractivity contribution is 0.607. The normalized spacial score (nSPS) is 12.5. The average molecular weight is 478 g/mol. The van der Waals surface area contributed by atoms with Crippen LogP contribution in [0.4, 0.5) is 5.69 Å². The Bertz CT molecular complexity index is 1160. The number of thiocarbonyl (C=S) groups is 1. The van der Waals surface area contributed by atoms with Gasteiger partial charge in [0.1, 0.15) is 11.7 Å². The van der Waals surface area contributed by atoms with Crippen molar-refractivity contribution in [3.05, 3.63) is 94.5 Å². The quantitative estimate of drug-likeness (QED) is 0.279. The summed E-state index contributed by atoms with van der Waals surface area (Å²) in [5.41, 5.74) is 2.24. The third kappa shape index (κ3) is 6.03. The zero-order valence-corrected chi connectivity index (χ0v) is 18.6. The van der Waals surface area contributed by atoms with Gasteiger partial charge in [0.2, 0.25) is 9.84 Å². The molecule has 0 aliphatic heterocycles. The molecule has 0 spiro atoms. The molecular weight excluding hydrogens is 461 g/mol. The van der Waals surface area contributed by atoms with E-state index in [4.69, 9.17) is 35.4 Å². The van der Waals surface area contributed by atoms with Crippen molar-refractivity contribution in [1.29, 1.82) is 0 Å². The zero-order chi connectivity index (χ0) is 21.6. The van der Waals surface area contributed by atoms with Crippen LogP contribution in [0.1, 0.15) is 11.7 Å². The van der Waals surface area contributed by atoms with Crippen LogP contribution < -0.4 is 10.6 Å². The molecule has 0 saturated heterocycles. The van der Waals surface area contributed by atoms with Crippen LogP contribution in [0.5, 0.6) is 0 Å². The van der Waals surface area contributed by atoms with Gasteiger partial charge in [0, 0.05) is 5.02 Å². The molecule has 0 amide bonds. The summed E-state index contributed by atoms with van der Waals surface area (Å²) in [4.78, 5) is 4.42. The van der Waals surface area contributed by atoms with E-state index in [0.29, 0.717) is 15.7 Å². The van der Waals surface area contributed by atoms with E-state index in [2.05, 4.69) is 15.6 Å². The second-order valence-electron chi connectivity index (χ2n) is 6.15. The van der Waals surface area contributed by atoms with E-state index in [0.717, 1.165) is 11.1 Å². The summed E-state index contributed by atoms with van der Waals surface area (Å²) in [7, 11) is -3.70. The van der Waals surface area contributed by atoms with Crippen molar-refractivity contribution in [3.63, 3.8) is 0 Å². The molecule has 3 rings (SSSR count). The zero-order valence-electron chi connectivity index (χ0n) is 15.5. The van der Waals surface area contributed by atoms with Crippen LogP contribution in [0.2, 0.25) is 10.0 Å². The van der Waals surface area contributed by atoms with Crippen molar-refractivity contribution in [3.8, 4) is 0 Å². The van der Waals surface area contributed by atoms with E-state index >= 15 is 0 Å². The van der Waals surface area contributed by atoms with Crippen LogP contribution >= 0.6 is 35.4 Å². The first-order valence-corrected chi connectivity index (χ1v) is 11.5. The Morgan fingerprint density at radius 3 is 2.23 bits per heavy atom.